The van der Waals surface area contributed by atoms with E-state index >= 15 is 0 Å². The van der Waals surface area contributed by atoms with Crippen LogP contribution in [-0.4, -0.2) is 20.0 Å². The van der Waals surface area contributed by atoms with E-state index in [9.17, 15) is 13.6 Å². The normalized spacial score (nSPS) is 10.3. The summed E-state index contributed by atoms with van der Waals surface area (Å²) in [5.74, 6) is -1.40. The van der Waals surface area contributed by atoms with E-state index < -0.39 is 11.6 Å². The van der Waals surface area contributed by atoms with Gasteiger partial charge in [-0.3, -0.25) is 4.79 Å². The van der Waals surface area contributed by atoms with Crippen LogP contribution in [0.3, 0.4) is 0 Å². The summed E-state index contributed by atoms with van der Waals surface area (Å²) < 4.78 is 26.5. The molecule has 0 radical (unpaired) electrons. The van der Waals surface area contributed by atoms with E-state index in [1.54, 1.807) is 12.1 Å². The third-order valence-corrected chi connectivity index (χ3v) is 3.09. The van der Waals surface area contributed by atoms with E-state index in [-0.39, 0.29) is 18.0 Å². The van der Waals surface area contributed by atoms with Gasteiger partial charge in [0.2, 0.25) is 0 Å². The number of rotatable bonds is 4. The molecule has 3 nitrogen and oxygen atoms in total. The molecule has 0 saturated heterocycles. The third-order valence-electron chi connectivity index (χ3n) is 3.09. The Morgan fingerprint density at radius 1 is 1.10 bits per heavy atom. The zero-order chi connectivity index (χ0) is 15.4. The first-order valence-electron chi connectivity index (χ1n) is 6.47. The molecule has 5 heteroatoms. The Hall–Kier alpha value is -2.43. The van der Waals surface area contributed by atoms with Crippen LogP contribution in [-0.2, 0) is 6.54 Å². The van der Waals surface area contributed by atoms with Gasteiger partial charge < -0.3 is 10.2 Å². The van der Waals surface area contributed by atoms with Crippen LogP contribution in [0.4, 0.5) is 14.5 Å². The predicted molar refractivity (Wildman–Crippen MR) is 78.3 cm³/mol. The number of halogens is 2. The lowest BCUT2D eigenvalue weighted by Crippen LogP contribution is -2.23. The van der Waals surface area contributed by atoms with Gasteiger partial charge >= 0.3 is 0 Å². The molecule has 21 heavy (non-hydrogen) atoms. The molecule has 0 bridgehead atoms. The van der Waals surface area contributed by atoms with Crippen LogP contribution in [0, 0.1) is 11.6 Å². The number of carbonyl (C=O) groups excluding carboxylic acids is 1. The molecule has 2 aromatic carbocycles. The monoisotopic (exact) mass is 290 g/mol. The van der Waals surface area contributed by atoms with E-state index in [2.05, 4.69) is 5.32 Å². The fraction of sp³-hybridized carbons (Fsp3) is 0.188. The quantitative estimate of drug-likeness (QED) is 0.939. The summed E-state index contributed by atoms with van der Waals surface area (Å²) in [6.07, 6.45) is 0. The smallest absolute Gasteiger partial charge is 0.251 e. The van der Waals surface area contributed by atoms with Crippen LogP contribution >= 0.6 is 0 Å². The lowest BCUT2D eigenvalue weighted by molar-refractivity contribution is 0.0950. The minimum Gasteiger partial charge on any atom is -0.378 e. The Kier molecular flexibility index (Phi) is 4.52. The molecular weight excluding hydrogens is 274 g/mol. The fourth-order valence-corrected chi connectivity index (χ4v) is 1.87. The Balaban J connectivity index is 2.03. The van der Waals surface area contributed by atoms with Gasteiger partial charge in [-0.05, 0) is 42.5 Å². The first-order valence-corrected chi connectivity index (χ1v) is 6.47. The molecule has 2 aromatic rings. The second-order valence-corrected chi connectivity index (χ2v) is 4.86. The van der Waals surface area contributed by atoms with Crippen LogP contribution < -0.4 is 10.2 Å². The molecule has 0 saturated carbocycles. The fourth-order valence-electron chi connectivity index (χ4n) is 1.87. The van der Waals surface area contributed by atoms with E-state index in [4.69, 9.17) is 0 Å². The van der Waals surface area contributed by atoms with Crippen molar-refractivity contribution >= 4 is 11.6 Å². The van der Waals surface area contributed by atoms with Crippen molar-refractivity contribution in [2.24, 2.45) is 0 Å². The Morgan fingerprint density at radius 2 is 1.76 bits per heavy atom. The summed E-state index contributed by atoms with van der Waals surface area (Å²) in [7, 11) is 3.81. The minimum absolute atomic E-state index is 0.0577. The molecule has 0 aliphatic rings. The number of benzene rings is 2. The van der Waals surface area contributed by atoms with Gasteiger partial charge in [-0.25, -0.2) is 8.78 Å². The van der Waals surface area contributed by atoms with Crippen molar-refractivity contribution in [2.45, 2.75) is 6.54 Å². The van der Waals surface area contributed by atoms with Gasteiger partial charge in [0, 0.05) is 37.5 Å². The van der Waals surface area contributed by atoms with Gasteiger partial charge in [-0.1, -0.05) is 0 Å². The van der Waals surface area contributed by atoms with Crippen LogP contribution in [0.5, 0.6) is 0 Å². The maximum atomic E-state index is 13.4. The Morgan fingerprint density at radius 3 is 2.38 bits per heavy atom. The second kappa shape index (κ2) is 6.35. The van der Waals surface area contributed by atoms with Crippen molar-refractivity contribution in [3.8, 4) is 0 Å². The highest BCUT2D eigenvalue weighted by Crippen LogP contribution is 2.13. The lowest BCUT2D eigenvalue weighted by atomic mass is 10.1. The number of hydrogen-bond acceptors (Lipinski definition) is 2. The largest absolute Gasteiger partial charge is 0.378 e. The van der Waals surface area contributed by atoms with E-state index in [0.717, 1.165) is 23.9 Å². The summed E-state index contributed by atoms with van der Waals surface area (Å²) in [6.45, 7) is -0.0577. The molecule has 0 spiro atoms. The molecule has 0 aliphatic carbocycles. The minimum atomic E-state index is -0.542. The molecule has 2 rings (SSSR count). The zero-order valence-electron chi connectivity index (χ0n) is 11.9. The third kappa shape index (κ3) is 3.78. The van der Waals surface area contributed by atoms with Gasteiger partial charge in [0.15, 0.2) is 0 Å². The summed E-state index contributed by atoms with van der Waals surface area (Å²) >= 11 is 0. The van der Waals surface area contributed by atoms with E-state index in [1.807, 2.05) is 31.1 Å². The van der Waals surface area contributed by atoms with Crippen LogP contribution in [0.1, 0.15) is 15.9 Å². The van der Waals surface area contributed by atoms with Crippen LogP contribution in [0.25, 0.3) is 0 Å². The molecule has 1 N–H and O–H groups in total. The zero-order valence-corrected chi connectivity index (χ0v) is 11.9. The predicted octanol–water partition coefficient (Wildman–Crippen LogP) is 2.96. The number of carbonyl (C=O) groups is 1. The maximum absolute atomic E-state index is 13.4. The standard InChI is InChI=1S/C16H16F2N2O/c1-20(2)14-6-3-11(4-7-14)16(21)19-10-12-9-13(17)5-8-15(12)18/h3-9H,10H2,1-2H3,(H,19,21). The number of nitrogens with one attached hydrogen (secondary N) is 1. The van der Waals surface area contributed by atoms with Gasteiger partial charge in [-0.2, -0.15) is 0 Å². The molecule has 0 atom stereocenters. The molecule has 0 aliphatic heterocycles. The van der Waals surface area contributed by atoms with Crippen molar-refractivity contribution in [1.29, 1.82) is 0 Å². The van der Waals surface area contributed by atoms with Crippen LogP contribution in [0.2, 0.25) is 0 Å². The molecule has 1 amide bonds. The van der Waals surface area contributed by atoms with Crippen molar-refractivity contribution in [2.75, 3.05) is 19.0 Å². The summed E-state index contributed by atoms with van der Waals surface area (Å²) in [5.41, 5.74) is 1.56. The Bertz CT molecular complexity index is 639. The first kappa shape index (κ1) is 15.0. The van der Waals surface area contributed by atoms with E-state index in [0.29, 0.717) is 5.56 Å². The van der Waals surface area contributed by atoms with Gasteiger partial charge in [0.25, 0.3) is 5.91 Å². The highest BCUT2D eigenvalue weighted by molar-refractivity contribution is 5.94. The second-order valence-electron chi connectivity index (χ2n) is 4.86. The van der Waals surface area contributed by atoms with E-state index in [1.165, 1.54) is 0 Å². The average Bonchev–Trinajstić information content (AvgIpc) is 2.48. The summed E-state index contributed by atoms with van der Waals surface area (Å²) in [6, 6.07) is 10.2. The molecule has 110 valence electrons. The van der Waals surface area contributed by atoms with Crippen LogP contribution in [0.15, 0.2) is 42.5 Å². The molecular formula is C16H16F2N2O. The van der Waals surface area contributed by atoms with Gasteiger partial charge in [0.1, 0.15) is 11.6 Å². The number of nitrogens with zero attached hydrogens (tertiary/aromatic N) is 1. The summed E-state index contributed by atoms with van der Waals surface area (Å²) in [5, 5.41) is 2.57. The van der Waals surface area contributed by atoms with Gasteiger partial charge in [-0.15, -0.1) is 0 Å². The highest BCUT2D eigenvalue weighted by atomic mass is 19.1. The molecule has 0 aromatic heterocycles. The highest BCUT2D eigenvalue weighted by Gasteiger charge is 2.08. The topological polar surface area (TPSA) is 32.3 Å². The Labute approximate surface area is 122 Å². The summed E-state index contributed by atoms with van der Waals surface area (Å²) in [4.78, 5) is 13.9. The van der Waals surface area contributed by atoms with Crippen molar-refractivity contribution in [3.05, 3.63) is 65.2 Å². The van der Waals surface area contributed by atoms with Crippen molar-refractivity contribution in [3.63, 3.8) is 0 Å². The number of anilines is 1. The molecule has 0 fully saturated rings. The molecule has 0 heterocycles. The average molecular weight is 290 g/mol. The lowest BCUT2D eigenvalue weighted by Gasteiger charge is -2.12. The van der Waals surface area contributed by atoms with Crippen molar-refractivity contribution < 1.29 is 13.6 Å². The van der Waals surface area contributed by atoms with Gasteiger partial charge in [0.05, 0.1) is 0 Å². The van der Waals surface area contributed by atoms with Crippen molar-refractivity contribution in [1.82, 2.24) is 5.32 Å². The first-order chi connectivity index (χ1) is 9.97. The number of amides is 1. The SMILES string of the molecule is CN(C)c1ccc(C(=O)NCc2cc(F)ccc2F)cc1. The molecule has 0 unspecified atom stereocenters. The maximum Gasteiger partial charge on any atom is 0.251 e. The number of hydrogen-bond donors (Lipinski definition) is 1.